The van der Waals surface area contributed by atoms with Crippen LogP contribution in [0.15, 0.2) is 43.0 Å². The zero-order valence-corrected chi connectivity index (χ0v) is 24.7. The Morgan fingerprint density at radius 3 is 2.65 bits per heavy atom. The van der Waals surface area contributed by atoms with E-state index >= 15 is 0 Å². The third kappa shape index (κ3) is 6.17. The van der Waals surface area contributed by atoms with Crippen molar-refractivity contribution >= 4 is 45.1 Å². The second kappa shape index (κ2) is 12.2. The SMILES string of the molecule is CCn1cncc1Cn1c(CN2CCN(c3nc(OCc4ccc(Cl)cc4F)ncc3F)CC2)nc2sc(C(=O)O)cc21. The Labute approximate surface area is 254 Å². The number of carbonyl (C=O) groups is 1. The van der Waals surface area contributed by atoms with E-state index in [4.69, 9.17) is 21.3 Å². The van der Waals surface area contributed by atoms with Gasteiger partial charge in [-0.3, -0.25) is 4.90 Å². The maximum atomic E-state index is 14.8. The monoisotopic (exact) mass is 628 g/mol. The lowest BCUT2D eigenvalue weighted by Gasteiger charge is -2.35. The molecule has 1 aliphatic rings. The van der Waals surface area contributed by atoms with E-state index in [1.165, 1.54) is 12.1 Å². The molecule has 43 heavy (non-hydrogen) atoms. The van der Waals surface area contributed by atoms with Crippen molar-refractivity contribution in [1.29, 1.82) is 0 Å². The number of aryl methyl sites for hydroxylation is 1. The number of fused-ring (bicyclic) bond motifs is 1. The highest BCUT2D eigenvalue weighted by atomic mass is 35.5. The van der Waals surface area contributed by atoms with Crippen LogP contribution >= 0.6 is 22.9 Å². The molecule has 0 saturated carbocycles. The molecule has 5 aromatic rings. The lowest BCUT2D eigenvalue weighted by molar-refractivity contribution is 0.0702. The average molecular weight is 629 g/mol. The van der Waals surface area contributed by atoms with E-state index in [0.29, 0.717) is 44.1 Å². The smallest absolute Gasteiger partial charge is 0.346 e. The van der Waals surface area contributed by atoms with Gasteiger partial charge in [-0.2, -0.15) is 4.98 Å². The lowest BCUT2D eigenvalue weighted by Crippen LogP contribution is -2.46. The first-order valence-electron chi connectivity index (χ1n) is 13.6. The molecule has 0 bridgehead atoms. The molecule has 11 nitrogen and oxygen atoms in total. The summed E-state index contributed by atoms with van der Waals surface area (Å²) in [6, 6.07) is 5.88. The van der Waals surface area contributed by atoms with Gasteiger partial charge in [0.25, 0.3) is 0 Å². The van der Waals surface area contributed by atoms with Crippen LogP contribution in [-0.4, -0.2) is 71.2 Å². The number of carboxylic acids is 1. The number of ether oxygens (including phenoxy) is 1. The summed E-state index contributed by atoms with van der Waals surface area (Å²) in [5.41, 5.74) is 2.05. The number of nitrogens with zero attached hydrogens (tertiary/aromatic N) is 8. The Morgan fingerprint density at radius 2 is 1.91 bits per heavy atom. The highest BCUT2D eigenvalue weighted by Crippen LogP contribution is 2.29. The van der Waals surface area contributed by atoms with Crippen LogP contribution in [0, 0.1) is 11.6 Å². The molecule has 0 amide bonds. The molecule has 0 radical (unpaired) electrons. The predicted octanol–water partition coefficient (Wildman–Crippen LogP) is 4.68. The first kappa shape index (κ1) is 29.0. The highest BCUT2D eigenvalue weighted by Gasteiger charge is 2.25. The molecule has 224 valence electrons. The number of aromatic nitrogens is 6. The molecule has 0 aliphatic carbocycles. The number of aromatic carboxylic acids is 1. The van der Waals surface area contributed by atoms with Crippen molar-refractivity contribution in [3.8, 4) is 6.01 Å². The van der Waals surface area contributed by atoms with Crippen LogP contribution < -0.4 is 9.64 Å². The van der Waals surface area contributed by atoms with Gasteiger partial charge in [0.15, 0.2) is 11.6 Å². The van der Waals surface area contributed by atoms with Gasteiger partial charge in [-0.15, -0.1) is 11.3 Å². The average Bonchev–Trinajstić information content (AvgIpc) is 3.70. The summed E-state index contributed by atoms with van der Waals surface area (Å²) in [6.45, 7) is 5.94. The summed E-state index contributed by atoms with van der Waals surface area (Å²) in [5, 5.41) is 9.78. The van der Waals surface area contributed by atoms with E-state index in [9.17, 15) is 18.7 Å². The zero-order chi connectivity index (χ0) is 30.1. The van der Waals surface area contributed by atoms with Gasteiger partial charge in [-0.25, -0.2) is 28.5 Å². The molecule has 6 rings (SSSR count). The Balaban J connectivity index is 1.15. The van der Waals surface area contributed by atoms with Crippen molar-refractivity contribution in [2.45, 2.75) is 33.2 Å². The summed E-state index contributed by atoms with van der Waals surface area (Å²) >= 11 is 6.96. The van der Waals surface area contributed by atoms with Crippen LogP contribution in [0.2, 0.25) is 5.02 Å². The van der Waals surface area contributed by atoms with Crippen LogP contribution in [0.3, 0.4) is 0 Å². The van der Waals surface area contributed by atoms with Gasteiger partial charge in [0.2, 0.25) is 0 Å². The predicted molar refractivity (Wildman–Crippen MR) is 157 cm³/mol. The number of piperazine rings is 1. The second-order valence-electron chi connectivity index (χ2n) is 10.0. The Hall–Kier alpha value is -4.14. The van der Waals surface area contributed by atoms with Crippen molar-refractivity contribution in [3.05, 3.63) is 81.6 Å². The van der Waals surface area contributed by atoms with Crippen molar-refractivity contribution in [1.82, 2.24) is 34.0 Å². The first-order chi connectivity index (χ1) is 20.8. The zero-order valence-electron chi connectivity index (χ0n) is 23.1. The number of thiophene rings is 1. The van der Waals surface area contributed by atoms with Gasteiger partial charge in [0.05, 0.1) is 36.8 Å². The van der Waals surface area contributed by atoms with Crippen LogP contribution in [0.25, 0.3) is 10.3 Å². The van der Waals surface area contributed by atoms with Crippen LogP contribution in [0.5, 0.6) is 6.01 Å². The van der Waals surface area contributed by atoms with E-state index in [-0.39, 0.29) is 33.9 Å². The normalized spacial score (nSPS) is 14.1. The van der Waals surface area contributed by atoms with Crippen molar-refractivity contribution < 1.29 is 23.4 Å². The lowest BCUT2D eigenvalue weighted by atomic mass is 10.2. The first-order valence-corrected chi connectivity index (χ1v) is 14.8. The van der Waals surface area contributed by atoms with Crippen LogP contribution in [-0.2, 0) is 26.2 Å². The number of anilines is 1. The second-order valence-corrected chi connectivity index (χ2v) is 11.5. The fourth-order valence-corrected chi connectivity index (χ4v) is 6.07. The molecule has 1 aliphatic heterocycles. The Morgan fingerprint density at radius 1 is 1.09 bits per heavy atom. The summed E-state index contributed by atoms with van der Waals surface area (Å²) in [7, 11) is 0. The van der Waals surface area contributed by atoms with E-state index < -0.39 is 17.6 Å². The van der Waals surface area contributed by atoms with Crippen molar-refractivity contribution in [2.24, 2.45) is 0 Å². The Bertz CT molecular complexity index is 1780. The van der Waals surface area contributed by atoms with Gasteiger partial charge < -0.3 is 23.9 Å². The molecule has 0 unspecified atom stereocenters. The van der Waals surface area contributed by atoms with Gasteiger partial charge in [0, 0.05) is 49.5 Å². The highest BCUT2D eigenvalue weighted by molar-refractivity contribution is 7.20. The topological polar surface area (TPSA) is 114 Å². The fourth-order valence-electron chi connectivity index (χ4n) is 5.02. The molecular formula is C28H27ClF2N8O3S. The fraction of sp³-hybridized carbons (Fsp3) is 0.321. The van der Waals surface area contributed by atoms with E-state index in [2.05, 4.69) is 19.9 Å². The largest absolute Gasteiger partial charge is 0.477 e. The summed E-state index contributed by atoms with van der Waals surface area (Å²) in [6.07, 6.45) is 4.64. The molecule has 1 N–H and O–H groups in total. The van der Waals surface area contributed by atoms with Crippen molar-refractivity contribution in [3.63, 3.8) is 0 Å². The molecule has 1 aromatic carbocycles. The number of benzene rings is 1. The van der Waals surface area contributed by atoms with Crippen LogP contribution in [0.4, 0.5) is 14.6 Å². The number of halogens is 3. The minimum absolute atomic E-state index is 0.0534. The van der Waals surface area contributed by atoms with E-state index in [1.807, 2.05) is 27.2 Å². The number of carboxylic acid groups (broad SMARTS) is 1. The van der Waals surface area contributed by atoms with Crippen molar-refractivity contribution in [2.75, 3.05) is 31.1 Å². The molecule has 0 atom stereocenters. The van der Waals surface area contributed by atoms with Gasteiger partial charge in [-0.1, -0.05) is 17.7 Å². The summed E-state index contributed by atoms with van der Waals surface area (Å²) in [5.74, 6) is -1.12. The standard InChI is InChI=1S/C28H27ClF2N8O3S/c1-2-37-16-32-11-19(37)13-39-22-10-23(27(40)41)43-26(22)34-24(39)14-36-5-7-38(8-6-36)25-21(31)12-33-28(35-25)42-15-17-3-4-18(29)9-20(17)30/h3-4,9-12,16H,2,5-8,13-15H2,1H3,(H,40,41). The third-order valence-corrected chi connectivity index (χ3v) is 8.55. The molecule has 5 heterocycles. The number of hydrogen-bond acceptors (Lipinski definition) is 9. The summed E-state index contributed by atoms with van der Waals surface area (Å²) in [4.78, 5) is 33.8. The third-order valence-electron chi connectivity index (χ3n) is 7.31. The number of rotatable bonds is 10. The van der Waals surface area contributed by atoms with Gasteiger partial charge >= 0.3 is 12.0 Å². The molecule has 15 heteroatoms. The maximum absolute atomic E-state index is 14.8. The summed E-state index contributed by atoms with van der Waals surface area (Å²) < 4.78 is 38.5. The van der Waals surface area contributed by atoms with Gasteiger partial charge in [-0.05, 0) is 25.1 Å². The van der Waals surface area contributed by atoms with Crippen LogP contribution in [0.1, 0.15) is 33.7 Å². The molecule has 1 saturated heterocycles. The van der Waals surface area contributed by atoms with E-state index in [0.717, 1.165) is 41.1 Å². The molecule has 1 fully saturated rings. The maximum Gasteiger partial charge on any atom is 0.346 e. The minimum atomic E-state index is -0.978. The minimum Gasteiger partial charge on any atom is -0.477 e. The number of hydrogen-bond donors (Lipinski definition) is 1. The van der Waals surface area contributed by atoms with E-state index in [1.54, 1.807) is 18.5 Å². The van der Waals surface area contributed by atoms with Gasteiger partial charge in [0.1, 0.15) is 28.0 Å². The number of imidazole rings is 2. The molecule has 0 spiro atoms. The Kier molecular flexibility index (Phi) is 8.23. The molecular weight excluding hydrogens is 602 g/mol. The molecule has 4 aromatic heterocycles. The quantitative estimate of drug-likeness (QED) is 0.235.